The average molecular weight is 463 g/mol. The van der Waals surface area contributed by atoms with Crippen LogP contribution in [0, 0.1) is 0 Å². The number of halogens is 2. The molecular formula is C25H20Cl2N4O. The molecule has 1 aliphatic rings. The Morgan fingerprint density at radius 1 is 0.875 bits per heavy atom. The van der Waals surface area contributed by atoms with Gasteiger partial charge in [-0.05, 0) is 48.5 Å². The van der Waals surface area contributed by atoms with Gasteiger partial charge in [0.15, 0.2) is 0 Å². The van der Waals surface area contributed by atoms with Crippen molar-refractivity contribution in [3.8, 4) is 22.6 Å². The lowest BCUT2D eigenvalue weighted by Gasteiger charge is -2.27. The Morgan fingerprint density at radius 3 is 2.28 bits per heavy atom. The van der Waals surface area contributed by atoms with Gasteiger partial charge in [0.2, 0.25) is 0 Å². The topological polar surface area (TPSA) is 61.9 Å². The van der Waals surface area contributed by atoms with Crippen molar-refractivity contribution in [1.82, 2.24) is 19.9 Å². The van der Waals surface area contributed by atoms with Gasteiger partial charge in [0.05, 0.1) is 22.6 Å². The van der Waals surface area contributed by atoms with Crippen LogP contribution in [-0.4, -0.2) is 26.4 Å². The van der Waals surface area contributed by atoms with Crippen molar-refractivity contribution in [1.29, 1.82) is 0 Å². The molecule has 0 amide bonds. The van der Waals surface area contributed by atoms with Gasteiger partial charge in [-0.3, -0.25) is 14.7 Å². The molecule has 2 aromatic carbocycles. The number of nitrogens with zero attached hydrogens (tertiary/aromatic N) is 3. The van der Waals surface area contributed by atoms with Crippen LogP contribution in [0.15, 0.2) is 71.5 Å². The predicted molar refractivity (Wildman–Crippen MR) is 128 cm³/mol. The highest BCUT2D eigenvalue weighted by Gasteiger charge is 2.22. The van der Waals surface area contributed by atoms with E-state index in [0.29, 0.717) is 29.0 Å². The molecule has 0 aliphatic carbocycles. The van der Waals surface area contributed by atoms with Gasteiger partial charge in [0.25, 0.3) is 5.56 Å². The van der Waals surface area contributed by atoms with E-state index in [2.05, 4.69) is 9.88 Å². The molecular weight excluding hydrogens is 443 g/mol. The van der Waals surface area contributed by atoms with Crippen molar-refractivity contribution in [2.24, 2.45) is 0 Å². The lowest BCUT2D eigenvalue weighted by molar-refractivity contribution is 0.239. The molecule has 32 heavy (non-hydrogen) atoms. The molecule has 0 fully saturated rings. The zero-order chi connectivity index (χ0) is 22.1. The predicted octanol–water partition coefficient (Wildman–Crippen LogP) is 5.36. The zero-order valence-corrected chi connectivity index (χ0v) is 18.7. The van der Waals surface area contributed by atoms with E-state index in [9.17, 15) is 4.79 Å². The summed E-state index contributed by atoms with van der Waals surface area (Å²) in [5.74, 6) is 0.580. The largest absolute Gasteiger partial charge is 0.306 e. The first kappa shape index (κ1) is 20.9. The summed E-state index contributed by atoms with van der Waals surface area (Å²) in [5.41, 5.74) is 5.23. The van der Waals surface area contributed by atoms with Crippen LogP contribution in [0.5, 0.6) is 0 Å². The summed E-state index contributed by atoms with van der Waals surface area (Å²) < 4.78 is 0. The summed E-state index contributed by atoms with van der Waals surface area (Å²) in [6, 6.07) is 21.0. The standard InChI is InChI=1S/C25H20Cl2N4O/c26-18-8-4-16(5-9-18)22-3-1-2-20(28-22)14-31-13-12-23-21(15-31)25(32)30-24(29-23)17-6-10-19(27)11-7-17/h1-11H,12-15H2,(H,29,30,32). The summed E-state index contributed by atoms with van der Waals surface area (Å²) in [4.78, 5) is 27.5. The molecule has 0 unspecified atom stereocenters. The molecule has 1 N–H and O–H groups in total. The van der Waals surface area contributed by atoms with Crippen molar-refractivity contribution in [3.05, 3.63) is 104 Å². The van der Waals surface area contributed by atoms with E-state index in [-0.39, 0.29) is 5.56 Å². The molecule has 1 aliphatic heterocycles. The molecule has 3 heterocycles. The third kappa shape index (κ3) is 4.46. The maximum absolute atomic E-state index is 12.8. The Morgan fingerprint density at radius 2 is 1.56 bits per heavy atom. The van der Waals surface area contributed by atoms with Crippen molar-refractivity contribution < 1.29 is 0 Å². The Kier molecular flexibility index (Phi) is 5.79. The first-order valence-corrected chi connectivity index (χ1v) is 11.1. The molecule has 5 rings (SSSR count). The van der Waals surface area contributed by atoms with E-state index in [1.54, 1.807) is 12.1 Å². The third-order valence-corrected chi connectivity index (χ3v) is 6.10. The Bertz CT molecular complexity index is 1320. The minimum absolute atomic E-state index is 0.0903. The Labute approximate surface area is 195 Å². The fraction of sp³-hybridized carbons (Fsp3) is 0.160. The smallest absolute Gasteiger partial charge is 0.255 e. The van der Waals surface area contributed by atoms with Gasteiger partial charge in [-0.2, -0.15) is 0 Å². The fourth-order valence-corrected chi connectivity index (χ4v) is 4.19. The van der Waals surface area contributed by atoms with Crippen molar-refractivity contribution in [2.45, 2.75) is 19.5 Å². The number of hydrogen-bond donors (Lipinski definition) is 1. The highest BCUT2D eigenvalue weighted by atomic mass is 35.5. The summed E-state index contributed by atoms with van der Waals surface area (Å²) in [6.45, 7) is 2.03. The highest BCUT2D eigenvalue weighted by molar-refractivity contribution is 6.30. The summed E-state index contributed by atoms with van der Waals surface area (Å²) in [6.07, 6.45) is 0.719. The van der Waals surface area contributed by atoms with Crippen LogP contribution >= 0.6 is 23.2 Å². The summed E-state index contributed by atoms with van der Waals surface area (Å²) >= 11 is 12.0. The number of H-pyrrole nitrogens is 1. The van der Waals surface area contributed by atoms with Gasteiger partial charge in [-0.15, -0.1) is 0 Å². The van der Waals surface area contributed by atoms with E-state index in [1.165, 1.54) is 0 Å². The molecule has 2 aromatic heterocycles. The molecule has 7 heteroatoms. The number of hydrogen-bond acceptors (Lipinski definition) is 4. The van der Waals surface area contributed by atoms with Crippen LogP contribution in [0.3, 0.4) is 0 Å². The van der Waals surface area contributed by atoms with Crippen molar-refractivity contribution >= 4 is 23.2 Å². The van der Waals surface area contributed by atoms with Gasteiger partial charge in [0, 0.05) is 47.2 Å². The lowest BCUT2D eigenvalue weighted by atomic mass is 10.1. The molecule has 0 atom stereocenters. The maximum atomic E-state index is 12.8. The number of pyridine rings is 1. The van der Waals surface area contributed by atoms with Crippen molar-refractivity contribution in [2.75, 3.05) is 6.54 Å². The first-order valence-electron chi connectivity index (χ1n) is 10.4. The molecule has 0 bridgehead atoms. The van der Waals surface area contributed by atoms with Gasteiger partial charge in [0.1, 0.15) is 5.82 Å². The first-order chi connectivity index (χ1) is 15.5. The molecule has 0 saturated heterocycles. The van der Waals surface area contributed by atoms with E-state index in [0.717, 1.165) is 46.7 Å². The fourth-order valence-electron chi connectivity index (χ4n) is 3.94. The Balaban J connectivity index is 1.35. The highest BCUT2D eigenvalue weighted by Crippen LogP contribution is 2.23. The van der Waals surface area contributed by atoms with Crippen molar-refractivity contribution in [3.63, 3.8) is 0 Å². The number of nitrogens with one attached hydrogen (secondary N) is 1. The van der Waals surface area contributed by atoms with Crippen LogP contribution in [0.25, 0.3) is 22.6 Å². The van der Waals surface area contributed by atoms with E-state index in [1.807, 2.05) is 54.6 Å². The molecule has 160 valence electrons. The minimum atomic E-state index is -0.0903. The number of aromatic amines is 1. The normalized spacial score (nSPS) is 13.7. The number of benzene rings is 2. The van der Waals surface area contributed by atoms with E-state index in [4.69, 9.17) is 33.2 Å². The summed E-state index contributed by atoms with van der Waals surface area (Å²) in [7, 11) is 0. The van der Waals surface area contributed by atoms with E-state index < -0.39 is 0 Å². The van der Waals surface area contributed by atoms with Gasteiger partial charge < -0.3 is 4.98 Å². The molecule has 4 aromatic rings. The number of aromatic nitrogens is 3. The van der Waals surface area contributed by atoms with Crippen LogP contribution in [0.1, 0.15) is 17.0 Å². The Hall–Kier alpha value is -2.99. The second-order valence-corrected chi connectivity index (χ2v) is 8.70. The van der Waals surface area contributed by atoms with Crippen LogP contribution < -0.4 is 5.56 Å². The lowest BCUT2D eigenvalue weighted by Crippen LogP contribution is -2.35. The summed E-state index contributed by atoms with van der Waals surface area (Å²) in [5, 5.41) is 1.35. The molecule has 5 nitrogen and oxygen atoms in total. The second kappa shape index (κ2) is 8.87. The molecule has 0 saturated carbocycles. The quantitative estimate of drug-likeness (QED) is 0.443. The van der Waals surface area contributed by atoms with Gasteiger partial charge in [-0.1, -0.05) is 41.4 Å². The second-order valence-electron chi connectivity index (χ2n) is 7.83. The maximum Gasteiger partial charge on any atom is 0.255 e. The zero-order valence-electron chi connectivity index (χ0n) is 17.2. The van der Waals surface area contributed by atoms with Gasteiger partial charge in [-0.25, -0.2) is 4.98 Å². The van der Waals surface area contributed by atoms with E-state index >= 15 is 0 Å². The van der Waals surface area contributed by atoms with Crippen LogP contribution in [-0.2, 0) is 19.5 Å². The monoisotopic (exact) mass is 462 g/mol. The third-order valence-electron chi connectivity index (χ3n) is 5.60. The SMILES string of the molecule is O=c1[nH]c(-c2ccc(Cl)cc2)nc2c1CN(Cc1cccc(-c3ccc(Cl)cc3)n1)CC2. The average Bonchev–Trinajstić information content (AvgIpc) is 2.80. The number of rotatable bonds is 4. The van der Waals surface area contributed by atoms with Crippen LogP contribution in [0.4, 0.5) is 0 Å². The minimum Gasteiger partial charge on any atom is -0.306 e. The van der Waals surface area contributed by atoms with Gasteiger partial charge >= 0.3 is 0 Å². The van der Waals surface area contributed by atoms with Crippen LogP contribution in [0.2, 0.25) is 10.0 Å². The molecule has 0 radical (unpaired) electrons. The number of fused-ring (bicyclic) bond motifs is 1. The molecule has 0 spiro atoms.